The normalized spacial score (nSPS) is 41.5. The number of amides is 2. The second kappa shape index (κ2) is 7.21. The molecule has 2 heterocycles. The summed E-state index contributed by atoms with van der Waals surface area (Å²) >= 11 is 0. The molecule has 0 aromatic carbocycles. The van der Waals surface area contributed by atoms with Crippen LogP contribution in [0, 0.1) is 34.5 Å². The zero-order chi connectivity index (χ0) is 22.0. The first-order valence-corrected chi connectivity index (χ1v) is 12.1. The highest BCUT2D eigenvalue weighted by Gasteiger charge is 2.61. The zero-order valence-electron chi connectivity index (χ0n) is 19.0. The molecule has 0 saturated heterocycles. The van der Waals surface area contributed by atoms with Crippen molar-refractivity contribution in [3.05, 3.63) is 24.3 Å². The molecular formula is C25H36N4O2. The molecule has 3 N–H and O–H groups in total. The van der Waals surface area contributed by atoms with Gasteiger partial charge in [0.25, 0.3) is 0 Å². The Morgan fingerprint density at radius 1 is 1.23 bits per heavy atom. The molecule has 0 bridgehead atoms. The van der Waals surface area contributed by atoms with Gasteiger partial charge in [-0.1, -0.05) is 26.8 Å². The van der Waals surface area contributed by atoms with Crippen LogP contribution in [0.3, 0.4) is 0 Å². The predicted octanol–water partition coefficient (Wildman–Crippen LogP) is 3.69. The van der Waals surface area contributed by atoms with Crippen molar-refractivity contribution in [2.24, 2.45) is 40.2 Å². The number of primary amides is 1. The Morgan fingerprint density at radius 3 is 2.77 bits per heavy atom. The molecule has 8 atom stereocenters. The van der Waals surface area contributed by atoms with Crippen molar-refractivity contribution in [1.82, 2.24) is 14.9 Å². The summed E-state index contributed by atoms with van der Waals surface area (Å²) in [6, 6.07) is -0.0698. The van der Waals surface area contributed by atoms with E-state index in [2.05, 4.69) is 47.1 Å². The highest BCUT2D eigenvalue weighted by molar-refractivity contribution is 5.88. The lowest BCUT2D eigenvalue weighted by Crippen LogP contribution is -2.54. The molecule has 5 rings (SSSR count). The number of carbonyl (C=O) groups excluding carboxylic acids is 2. The Labute approximate surface area is 185 Å². The van der Waals surface area contributed by atoms with Crippen molar-refractivity contribution < 1.29 is 9.59 Å². The van der Waals surface area contributed by atoms with Crippen molar-refractivity contribution >= 4 is 17.9 Å². The lowest BCUT2D eigenvalue weighted by atomic mass is 9.48. The van der Waals surface area contributed by atoms with Crippen molar-refractivity contribution in [2.75, 3.05) is 0 Å². The van der Waals surface area contributed by atoms with Crippen LogP contribution in [0.4, 0.5) is 0 Å². The SMILES string of the molecule is CC[C@H](NC(=O)[C@H]1CC[C@H]2[C@@H]3CCC4n5ccnc5C=C[C@]4(C)[C@H]3CC[C@]12C)C(N)=O. The summed E-state index contributed by atoms with van der Waals surface area (Å²) in [5.74, 6) is 2.55. The van der Waals surface area contributed by atoms with E-state index < -0.39 is 11.9 Å². The maximum Gasteiger partial charge on any atom is 0.239 e. The van der Waals surface area contributed by atoms with Gasteiger partial charge in [-0.05, 0) is 74.2 Å². The monoisotopic (exact) mass is 424 g/mol. The van der Waals surface area contributed by atoms with Crippen molar-refractivity contribution in [3.63, 3.8) is 0 Å². The van der Waals surface area contributed by atoms with E-state index in [9.17, 15) is 9.59 Å². The predicted molar refractivity (Wildman–Crippen MR) is 120 cm³/mol. The zero-order valence-corrected chi connectivity index (χ0v) is 19.0. The summed E-state index contributed by atoms with van der Waals surface area (Å²) < 4.78 is 2.39. The fourth-order valence-electron chi connectivity index (χ4n) is 8.09. The first kappa shape index (κ1) is 20.8. The third-order valence-corrected chi connectivity index (χ3v) is 9.74. The van der Waals surface area contributed by atoms with Gasteiger partial charge in [0.15, 0.2) is 0 Å². The van der Waals surface area contributed by atoms with E-state index >= 15 is 0 Å². The van der Waals surface area contributed by atoms with E-state index in [1.54, 1.807) is 0 Å². The number of imidazole rings is 1. The summed E-state index contributed by atoms with van der Waals surface area (Å²) in [5, 5.41) is 2.96. The molecule has 3 saturated carbocycles. The summed E-state index contributed by atoms with van der Waals surface area (Å²) in [7, 11) is 0. The number of hydrogen-bond donors (Lipinski definition) is 2. The van der Waals surface area contributed by atoms with Gasteiger partial charge in [-0.3, -0.25) is 9.59 Å². The first-order valence-electron chi connectivity index (χ1n) is 12.1. The average Bonchev–Trinajstić information content (AvgIpc) is 3.35. The molecule has 4 aliphatic rings. The Bertz CT molecular complexity index is 922. The van der Waals surface area contributed by atoms with Gasteiger partial charge in [-0.15, -0.1) is 0 Å². The van der Waals surface area contributed by atoms with Crippen LogP contribution in [0.15, 0.2) is 18.5 Å². The molecule has 1 aromatic heterocycles. The molecular weight excluding hydrogens is 388 g/mol. The molecule has 6 heteroatoms. The Kier molecular flexibility index (Phi) is 4.83. The van der Waals surface area contributed by atoms with Gasteiger partial charge < -0.3 is 15.6 Å². The Hall–Kier alpha value is -2.11. The number of fused-ring (bicyclic) bond motifs is 7. The summed E-state index contributed by atoms with van der Waals surface area (Å²) in [5.41, 5.74) is 5.65. The van der Waals surface area contributed by atoms with Crippen LogP contribution in [0.1, 0.15) is 77.6 Å². The number of nitrogens with zero attached hydrogens (tertiary/aromatic N) is 2. The minimum absolute atomic E-state index is 0.0143. The molecule has 168 valence electrons. The van der Waals surface area contributed by atoms with Crippen LogP contribution >= 0.6 is 0 Å². The average molecular weight is 425 g/mol. The lowest BCUT2D eigenvalue weighted by molar-refractivity contribution is -0.136. The number of nitrogens with one attached hydrogen (secondary N) is 1. The standard InChI is InChI=1S/C25H36N4O2/c1-4-19(22(26)30)28-23(31)18-7-6-16-15-5-8-20-25(3,17(15)9-11-24(16,18)2)12-10-21-27-13-14-29(20)21/h10,12-20H,4-9,11H2,1-3H3,(H2,26,30)(H,28,31)/t15-,16-,17-,18+,19-,20?,24-,25+/m0/s1. The van der Waals surface area contributed by atoms with Crippen LogP contribution in [-0.2, 0) is 9.59 Å². The second-order valence-corrected chi connectivity index (χ2v) is 10.9. The van der Waals surface area contributed by atoms with E-state index in [-0.39, 0.29) is 22.7 Å². The van der Waals surface area contributed by atoms with Gasteiger partial charge in [-0.25, -0.2) is 4.98 Å². The first-order chi connectivity index (χ1) is 14.8. The number of carbonyl (C=O) groups is 2. The Morgan fingerprint density at radius 2 is 2.03 bits per heavy atom. The van der Waals surface area contributed by atoms with Gasteiger partial charge in [-0.2, -0.15) is 0 Å². The summed E-state index contributed by atoms with van der Waals surface area (Å²) in [6.45, 7) is 6.69. The number of nitrogens with two attached hydrogens (primary N) is 1. The molecule has 1 unspecified atom stereocenters. The molecule has 0 radical (unpaired) electrons. The van der Waals surface area contributed by atoms with E-state index in [4.69, 9.17) is 5.73 Å². The number of aromatic nitrogens is 2. The number of rotatable bonds is 4. The van der Waals surface area contributed by atoms with Crippen LogP contribution in [0.25, 0.3) is 6.08 Å². The fraction of sp³-hybridized carbons (Fsp3) is 0.720. The van der Waals surface area contributed by atoms with Gasteiger partial charge in [0.1, 0.15) is 11.9 Å². The summed E-state index contributed by atoms with van der Waals surface area (Å²) in [6.07, 6.45) is 16.0. The van der Waals surface area contributed by atoms with Crippen molar-refractivity contribution in [1.29, 1.82) is 0 Å². The molecule has 6 nitrogen and oxygen atoms in total. The number of hydrogen-bond acceptors (Lipinski definition) is 3. The highest BCUT2D eigenvalue weighted by Crippen LogP contribution is 2.67. The fourth-order valence-corrected chi connectivity index (χ4v) is 8.09. The maximum absolute atomic E-state index is 13.2. The third kappa shape index (κ3) is 2.93. The smallest absolute Gasteiger partial charge is 0.239 e. The van der Waals surface area contributed by atoms with Crippen LogP contribution in [-0.4, -0.2) is 27.4 Å². The molecule has 3 fully saturated rings. The van der Waals surface area contributed by atoms with Crippen LogP contribution in [0.5, 0.6) is 0 Å². The largest absolute Gasteiger partial charge is 0.368 e. The molecule has 2 amide bonds. The third-order valence-electron chi connectivity index (χ3n) is 9.74. The minimum atomic E-state index is -0.558. The highest BCUT2D eigenvalue weighted by atomic mass is 16.2. The van der Waals surface area contributed by atoms with Crippen LogP contribution < -0.4 is 11.1 Å². The van der Waals surface area contributed by atoms with Crippen molar-refractivity contribution in [3.8, 4) is 0 Å². The molecule has 3 aliphatic carbocycles. The van der Waals surface area contributed by atoms with Gasteiger partial charge in [0.05, 0.1) is 0 Å². The second-order valence-electron chi connectivity index (χ2n) is 10.9. The quantitative estimate of drug-likeness (QED) is 0.772. The van der Waals surface area contributed by atoms with Gasteiger partial charge in [0.2, 0.25) is 11.8 Å². The van der Waals surface area contributed by atoms with E-state index in [1.807, 2.05) is 13.1 Å². The molecule has 31 heavy (non-hydrogen) atoms. The molecule has 1 aliphatic heterocycles. The minimum Gasteiger partial charge on any atom is -0.368 e. The topological polar surface area (TPSA) is 90.0 Å². The number of allylic oxidation sites excluding steroid dienone is 1. The maximum atomic E-state index is 13.2. The van der Waals surface area contributed by atoms with E-state index in [1.165, 1.54) is 12.8 Å². The lowest BCUT2D eigenvalue weighted by Gasteiger charge is -2.59. The summed E-state index contributed by atoms with van der Waals surface area (Å²) in [4.78, 5) is 29.4. The van der Waals surface area contributed by atoms with Crippen molar-refractivity contribution in [2.45, 2.75) is 77.8 Å². The van der Waals surface area contributed by atoms with E-state index in [0.29, 0.717) is 30.2 Å². The van der Waals surface area contributed by atoms with E-state index in [0.717, 1.165) is 31.5 Å². The van der Waals surface area contributed by atoms with Crippen LogP contribution in [0.2, 0.25) is 0 Å². The molecule has 0 spiro atoms. The molecule has 1 aromatic rings. The van der Waals surface area contributed by atoms with Gasteiger partial charge >= 0.3 is 0 Å². The van der Waals surface area contributed by atoms with Gasteiger partial charge in [0, 0.05) is 29.8 Å². The Balaban J connectivity index is 1.38.